The van der Waals surface area contributed by atoms with E-state index in [9.17, 15) is 4.79 Å². The van der Waals surface area contributed by atoms with Gasteiger partial charge in [-0.1, -0.05) is 23.4 Å². The van der Waals surface area contributed by atoms with Crippen molar-refractivity contribution in [2.45, 2.75) is 24.1 Å². The van der Waals surface area contributed by atoms with E-state index in [-0.39, 0.29) is 18.0 Å². The van der Waals surface area contributed by atoms with Crippen LogP contribution >= 0.6 is 23.4 Å². The zero-order valence-electron chi connectivity index (χ0n) is 13.0. The average molecular weight is 370 g/mol. The zero-order chi connectivity index (χ0) is 16.9. The number of amides is 1. The van der Waals surface area contributed by atoms with E-state index in [1.54, 1.807) is 11.9 Å². The third-order valence-electron chi connectivity index (χ3n) is 3.51. The summed E-state index contributed by atoms with van der Waals surface area (Å²) in [5.74, 6) is 0.326. The monoisotopic (exact) mass is 369 g/mol. The second-order valence-corrected chi connectivity index (χ2v) is 6.66. The molecule has 0 unspecified atom stereocenters. The van der Waals surface area contributed by atoms with E-state index in [4.69, 9.17) is 16.3 Å². The first kappa shape index (κ1) is 16.9. The van der Waals surface area contributed by atoms with Gasteiger partial charge in [-0.2, -0.15) is 0 Å². The lowest BCUT2D eigenvalue weighted by atomic mass is 10.1. The quantitative estimate of drug-likeness (QED) is 0.714. The lowest BCUT2D eigenvalue weighted by Crippen LogP contribution is -2.45. The van der Waals surface area contributed by atoms with Crippen molar-refractivity contribution in [3.05, 3.63) is 17.4 Å². The molecule has 128 valence electrons. The number of ether oxygens (including phenoxy) is 1. The number of carbonyl (C=O) groups is 1. The number of hydrogen-bond acceptors (Lipinski definition) is 8. The molecule has 2 aromatic rings. The molecule has 0 saturated carbocycles. The average Bonchev–Trinajstić information content (AvgIpc) is 3.00. The molecule has 3 heterocycles. The number of rotatable bonds is 5. The molecule has 24 heavy (non-hydrogen) atoms. The Morgan fingerprint density at radius 2 is 2.25 bits per heavy atom. The molecule has 3 rings (SSSR count). The number of aryl methyl sites for hydroxylation is 1. The van der Waals surface area contributed by atoms with Crippen LogP contribution in [0.5, 0.6) is 6.01 Å². The Morgan fingerprint density at radius 3 is 2.96 bits per heavy atom. The van der Waals surface area contributed by atoms with E-state index >= 15 is 0 Å². The summed E-state index contributed by atoms with van der Waals surface area (Å²) in [7, 11) is 1.74. The molecule has 1 amide bonds. The number of piperidine rings is 1. The molecule has 1 aliphatic rings. The molecule has 1 atom stereocenters. The van der Waals surface area contributed by atoms with Crippen LogP contribution in [0.3, 0.4) is 0 Å². The van der Waals surface area contributed by atoms with Gasteiger partial charge in [0, 0.05) is 13.6 Å². The molecule has 0 spiro atoms. The van der Waals surface area contributed by atoms with E-state index in [2.05, 4.69) is 25.5 Å². The van der Waals surface area contributed by atoms with Crippen LogP contribution < -0.4 is 4.74 Å². The second-order valence-electron chi connectivity index (χ2n) is 5.28. The normalized spacial score (nSPS) is 17.8. The molecule has 0 aromatic carbocycles. The maximum atomic E-state index is 12.4. The minimum atomic E-state index is -0.120. The highest BCUT2D eigenvalue weighted by atomic mass is 35.5. The fraction of sp³-hybridized carbons (Fsp3) is 0.538. The lowest BCUT2D eigenvalue weighted by molar-refractivity contribution is -0.131. The summed E-state index contributed by atoms with van der Waals surface area (Å²) in [4.78, 5) is 22.2. The highest BCUT2D eigenvalue weighted by molar-refractivity contribution is 7.99. The van der Waals surface area contributed by atoms with Crippen molar-refractivity contribution < 1.29 is 9.53 Å². The Balaban J connectivity index is 1.51. The Labute approximate surface area is 147 Å². The smallest absolute Gasteiger partial charge is 0.316 e. The van der Waals surface area contributed by atoms with Gasteiger partial charge in [-0.25, -0.2) is 14.6 Å². The minimum Gasteiger partial charge on any atom is -0.458 e. The van der Waals surface area contributed by atoms with Crippen molar-refractivity contribution in [3.8, 4) is 6.01 Å². The van der Waals surface area contributed by atoms with Crippen LogP contribution in [0.25, 0.3) is 0 Å². The van der Waals surface area contributed by atoms with Crippen molar-refractivity contribution in [2.75, 3.05) is 18.8 Å². The Morgan fingerprint density at radius 1 is 1.46 bits per heavy atom. The van der Waals surface area contributed by atoms with Crippen molar-refractivity contribution in [2.24, 2.45) is 7.05 Å². The van der Waals surface area contributed by atoms with Crippen LogP contribution in [0.15, 0.2) is 17.6 Å². The van der Waals surface area contributed by atoms with Crippen molar-refractivity contribution >= 4 is 29.3 Å². The van der Waals surface area contributed by atoms with Crippen LogP contribution in [0, 0.1) is 0 Å². The van der Waals surface area contributed by atoms with Gasteiger partial charge in [0.05, 0.1) is 29.7 Å². The third-order valence-corrected chi connectivity index (χ3v) is 4.70. The van der Waals surface area contributed by atoms with E-state index in [0.717, 1.165) is 19.4 Å². The third kappa shape index (κ3) is 4.32. The molecule has 1 fully saturated rings. The first-order chi connectivity index (χ1) is 11.6. The number of aromatic nitrogens is 6. The fourth-order valence-electron chi connectivity index (χ4n) is 2.33. The van der Waals surface area contributed by atoms with Gasteiger partial charge < -0.3 is 9.64 Å². The van der Waals surface area contributed by atoms with Gasteiger partial charge in [-0.3, -0.25) is 4.79 Å². The summed E-state index contributed by atoms with van der Waals surface area (Å²) < 4.78 is 7.28. The van der Waals surface area contributed by atoms with Crippen LogP contribution in [-0.2, 0) is 11.8 Å². The SMILES string of the molecule is Cn1nnnc1SCC(=O)N1CCC[C@H](Oc2ncc(Cl)cn2)C1. The molecule has 0 radical (unpaired) electrons. The number of hydrogen-bond donors (Lipinski definition) is 0. The molecule has 0 aliphatic carbocycles. The Hall–Kier alpha value is -1.94. The van der Waals surface area contributed by atoms with Crippen LogP contribution in [0.2, 0.25) is 5.02 Å². The molecule has 9 nitrogen and oxygen atoms in total. The molecule has 0 N–H and O–H groups in total. The zero-order valence-corrected chi connectivity index (χ0v) is 14.6. The fourth-order valence-corrected chi connectivity index (χ4v) is 3.18. The lowest BCUT2D eigenvalue weighted by Gasteiger charge is -2.32. The highest BCUT2D eigenvalue weighted by Crippen LogP contribution is 2.19. The van der Waals surface area contributed by atoms with Crippen molar-refractivity contribution in [1.29, 1.82) is 0 Å². The number of likely N-dealkylation sites (tertiary alicyclic amines) is 1. The number of carbonyl (C=O) groups excluding carboxylic acids is 1. The van der Waals surface area contributed by atoms with E-state index in [1.165, 1.54) is 28.8 Å². The first-order valence-electron chi connectivity index (χ1n) is 7.39. The van der Waals surface area contributed by atoms with Gasteiger partial charge in [0.25, 0.3) is 0 Å². The van der Waals surface area contributed by atoms with Gasteiger partial charge in [-0.05, 0) is 23.3 Å². The van der Waals surface area contributed by atoms with Gasteiger partial charge >= 0.3 is 6.01 Å². The van der Waals surface area contributed by atoms with Crippen LogP contribution in [0.4, 0.5) is 0 Å². The summed E-state index contributed by atoms with van der Waals surface area (Å²) >= 11 is 7.07. The molecule has 1 aliphatic heterocycles. The summed E-state index contributed by atoms with van der Waals surface area (Å²) in [5.41, 5.74) is 0. The van der Waals surface area contributed by atoms with Crippen LogP contribution in [0.1, 0.15) is 12.8 Å². The standard InChI is InChI=1S/C13H16ClN7O2S/c1-20-13(17-18-19-20)24-8-11(22)21-4-2-3-10(7-21)23-12-15-5-9(14)6-16-12/h5-6,10H,2-4,7-8H2,1H3/t10-/m0/s1. The van der Waals surface area contributed by atoms with Gasteiger partial charge in [0.1, 0.15) is 6.10 Å². The molecule has 11 heteroatoms. The van der Waals surface area contributed by atoms with Crippen LogP contribution in [-0.4, -0.2) is 65.9 Å². The Kier molecular flexibility index (Phi) is 5.46. The topological polar surface area (TPSA) is 98.9 Å². The van der Waals surface area contributed by atoms with E-state index in [1.807, 2.05) is 0 Å². The molecular formula is C13H16ClN7O2S. The summed E-state index contributed by atoms with van der Waals surface area (Å²) in [6.07, 6.45) is 4.59. The van der Waals surface area contributed by atoms with Gasteiger partial charge in [0.2, 0.25) is 11.1 Å². The van der Waals surface area contributed by atoms with E-state index < -0.39 is 0 Å². The van der Waals surface area contributed by atoms with Gasteiger partial charge in [-0.15, -0.1) is 5.10 Å². The summed E-state index contributed by atoms with van der Waals surface area (Å²) in [6.45, 7) is 1.24. The minimum absolute atomic E-state index is 0.0355. The number of thioether (sulfide) groups is 1. The van der Waals surface area contributed by atoms with Crippen molar-refractivity contribution in [3.63, 3.8) is 0 Å². The van der Waals surface area contributed by atoms with Crippen molar-refractivity contribution in [1.82, 2.24) is 35.1 Å². The predicted molar refractivity (Wildman–Crippen MR) is 86.8 cm³/mol. The second kappa shape index (κ2) is 7.75. The largest absolute Gasteiger partial charge is 0.458 e. The first-order valence-corrected chi connectivity index (χ1v) is 8.75. The van der Waals surface area contributed by atoms with Gasteiger partial charge in [0.15, 0.2) is 0 Å². The molecule has 2 aromatic heterocycles. The molecule has 1 saturated heterocycles. The maximum absolute atomic E-state index is 12.4. The maximum Gasteiger partial charge on any atom is 0.316 e. The summed E-state index contributed by atoms with van der Waals surface area (Å²) in [6, 6.07) is 0.276. The number of nitrogens with zero attached hydrogens (tertiary/aromatic N) is 7. The number of tetrazole rings is 1. The van der Waals surface area contributed by atoms with E-state index in [0.29, 0.717) is 22.5 Å². The molecule has 0 bridgehead atoms. The molecular weight excluding hydrogens is 354 g/mol. The number of halogens is 1. The predicted octanol–water partition coefficient (Wildman–Crippen LogP) is 0.816. The summed E-state index contributed by atoms with van der Waals surface area (Å²) in [5, 5.41) is 12.2. The highest BCUT2D eigenvalue weighted by Gasteiger charge is 2.25. The Bertz CT molecular complexity index is 696.